The molecule has 6 nitrogen and oxygen atoms in total. The maximum Gasteiger partial charge on any atom is 0.163 e. The Bertz CT molecular complexity index is 1010. The summed E-state index contributed by atoms with van der Waals surface area (Å²) >= 11 is 0. The molecule has 28 heavy (non-hydrogen) atoms. The van der Waals surface area contributed by atoms with E-state index < -0.39 is 12.8 Å². The summed E-state index contributed by atoms with van der Waals surface area (Å²) in [6.07, 6.45) is 5.14. The molecule has 0 aliphatic heterocycles. The zero-order valence-corrected chi connectivity index (χ0v) is 15.5. The molecule has 0 atom stereocenters. The smallest absolute Gasteiger partial charge is 0.163 e. The van der Waals surface area contributed by atoms with Gasteiger partial charge in [-0.25, -0.2) is 0 Å². The summed E-state index contributed by atoms with van der Waals surface area (Å²) in [5, 5.41) is 9.68. The van der Waals surface area contributed by atoms with E-state index >= 15 is 0 Å². The van der Waals surface area contributed by atoms with Crippen LogP contribution < -0.4 is 14.2 Å². The van der Waals surface area contributed by atoms with Gasteiger partial charge in [0.25, 0.3) is 0 Å². The van der Waals surface area contributed by atoms with E-state index in [9.17, 15) is 14.7 Å². The molecule has 0 bridgehead atoms. The predicted molar refractivity (Wildman–Crippen MR) is 107 cm³/mol. The third kappa shape index (κ3) is 5.74. The number of hydrogen-bond donors (Lipinski definition) is 1. The van der Waals surface area contributed by atoms with Crippen LogP contribution in [-0.2, 0) is 9.59 Å². The molecule has 1 N–H and O–H groups in total. The van der Waals surface area contributed by atoms with Crippen molar-refractivity contribution in [2.45, 2.75) is 6.42 Å². The number of ether oxygens (including phenoxy) is 3. The van der Waals surface area contributed by atoms with Gasteiger partial charge in [-0.05, 0) is 47.5 Å². The molecule has 0 aromatic heterocycles. The number of allylic oxidation sites excluding steroid dienone is 2. The van der Waals surface area contributed by atoms with Gasteiger partial charge in [-0.3, -0.25) is 9.59 Å². The summed E-state index contributed by atoms with van der Waals surface area (Å²) < 4.78 is 36.4. The van der Waals surface area contributed by atoms with E-state index in [1.807, 2.05) is 0 Å². The van der Waals surface area contributed by atoms with E-state index in [0.717, 1.165) is 0 Å². The summed E-state index contributed by atoms with van der Waals surface area (Å²) in [7, 11) is 0.311. The first kappa shape index (κ1) is 16.6. The number of phenols is 1. The number of methoxy groups -OCH3 is 3. The Morgan fingerprint density at radius 3 is 2.04 bits per heavy atom. The summed E-state index contributed by atoms with van der Waals surface area (Å²) in [5.41, 5.74) is 1.14. The van der Waals surface area contributed by atoms with Crippen LogP contribution in [0.1, 0.15) is 21.7 Å². The predicted octanol–water partition coefficient (Wildman–Crippen LogP) is 3.67. The molecule has 0 heterocycles. The number of hydrogen-bond acceptors (Lipinski definition) is 6. The van der Waals surface area contributed by atoms with E-state index in [4.69, 9.17) is 18.3 Å². The molecular weight excluding hydrogens is 360 g/mol. The first-order valence-corrected chi connectivity index (χ1v) is 8.27. The van der Waals surface area contributed by atoms with Crippen molar-refractivity contribution in [1.82, 2.24) is 0 Å². The molecule has 0 amide bonds. The normalized spacial score (nSPS) is 13.0. The van der Waals surface area contributed by atoms with Gasteiger partial charge in [0.2, 0.25) is 0 Å². The van der Waals surface area contributed by atoms with Crippen molar-refractivity contribution >= 4 is 23.7 Å². The quantitative estimate of drug-likeness (QED) is 0.524. The lowest BCUT2D eigenvalue weighted by Gasteiger charge is -2.07. The first-order valence-electron chi connectivity index (χ1n) is 9.77. The summed E-state index contributed by atoms with van der Waals surface area (Å²) in [6.45, 7) is 0. The van der Waals surface area contributed by atoms with E-state index in [2.05, 4.69) is 0 Å². The van der Waals surface area contributed by atoms with Gasteiger partial charge in [-0.15, -0.1) is 0 Å². The van der Waals surface area contributed by atoms with Gasteiger partial charge >= 0.3 is 0 Å². The molecule has 0 fully saturated rings. The van der Waals surface area contributed by atoms with Gasteiger partial charge in [0.05, 0.1) is 31.8 Å². The fourth-order valence-corrected chi connectivity index (χ4v) is 2.34. The highest BCUT2D eigenvalue weighted by Crippen LogP contribution is 2.28. The number of benzene rings is 2. The van der Waals surface area contributed by atoms with Crippen molar-refractivity contribution in [3.05, 3.63) is 59.7 Å². The zero-order valence-electron chi connectivity index (χ0n) is 18.5. The molecule has 2 aromatic carbocycles. The van der Waals surface area contributed by atoms with Gasteiger partial charge in [-0.1, -0.05) is 24.3 Å². The summed E-state index contributed by atoms with van der Waals surface area (Å²) in [5.74, 6) is -0.312. The number of rotatable bonds is 9. The highest BCUT2D eigenvalue weighted by atomic mass is 16.5. The second kappa shape index (κ2) is 9.97. The van der Waals surface area contributed by atoms with E-state index in [-0.39, 0.29) is 23.7 Å². The van der Waals surface area contributed by atoms with Crippen molar-refractivity contribution in [3.63, 3.8) is 0 Å². The number of aromatic hydroxyl groups is 1. The van der Waals surface area contributed by atoms with Crippen LogP contribution >= 0.6 is 0 Å². The molecule has 6 heteroatoms. The van der Waals surface area contributed by atoms with Gasteiger partial charge in [0.1, 0.15) is 0 Å². The molecule has 0 aliphatic carbocycles. The zero-order chi connectivity index (χ0) is 23.0. The van der Waals surface area contributed by atoms with Crippen LogP contribution in [0, 0.1) is 0 Å². The Morgan fingerprint density at radius 2 is 1.46 bits per heavy atom. The maximum absolute atomic E-state index is 12.1. The molecule has 0 radical (unpaired) electrons. The monoisotopic (exact) mass is 385 g/mol. The average molecular weight is 385 g/mol. The van der Waals surface area contributed by atoms with Gasteiger partial charge in [-0.2, -0.15) is 0 Å². The molecule has 0 saturated carbocycles. The third-order valence-corrected chi connectivity index (χ3v) is 3.77. The summed E-state index contributed by atoms with van der Waals surface area (Å²) in [4.78, 5) is 24.1. The van der Waals surface area contributed by atoms with Crippen molar-refractivity contribution < 1.29 is 33.0 Å². The SMILES string of the molecule is [2H]C([2H])([2H])Oc1cc(C=CC(=O)CC(=O)C=Cc2ccc(OC)c(OC)c2)ccc1O. The highest BCUT2D eigenvalue weighted by molar-refractivity contribution is 6.10. The molecule has 146 valence electrons. The lowest BCUT2D eigenvalue weighted by atomic mass is 10.1. The molecule has 0 spiro atoms. The minimum atomic E-state index is -2.72. The molecule has 0 saturated heterocycles. The number of phenolic OH excluding ortho intramolecular Hbond substituents is 1. The average Bonchev–Trinajstić information content (AvgIpc) is 2.71. The van der Waals surface area contributed by atoms with Crippen molar-refractivity contribution in [3.8, 4) is 23.0 Å². The maximum atomic E-state index is 12.1. The number of carbonyl (C=O) groups excluding carboxylic acids is 2. The van der Waals surface area contributed by atoms with E-state index in [0.29, 0.717) is 22.6 Å². The van der Waals surface area contributed by atoms with Gasteiger partial charge in [0.15, 0.2) is 34.6 Å². The van der Waals surface area contributed by atoms with E-state index in [1.54, 1.807) is 24.3 Å². The number of ketones is 2. The number of carbonyl (C=O) groups is 2. The molecular formula is C22H22O6. The second-order valence-electron chi connectivity index (χ2n) is 5.72. The fraction of sp³-hybridized carbons (Fsp3) is 0.182. The Morgan fingerprint density at radius 1 is 0.893 bits per heavy atom. The third-order valence-electron chi connectivity index (χ3n) is 3.77. The molecule has 0 aliphatic rings. The van der Waals surface area contributed by atoms with Crippen LogP contribution in [0.2, 0.25) is 0 Å². The fourth-order valence-electron chi connectivity index (χ4n) is 2.34. The summed E-state index contributed by atoms with van der Waals surface area (Å²) in [6, 6.07) is 9.17. The van der Waals surface area contributed by atoms with Crippen LogP contribution in [0.15, 0.2) is 48.6 Å². The minimum absolute atomic E-state index is 0.233. The van der Waals surface area contributed by atoms with Crippen LogP contribution in [0.3, 0.4) is 0 Å². The Labute approximate surface area is 167 Å². The molecule has 0 unspecified atom stereocenters. The van der Waals surface area contributed by atoms with Crippen LogP contribution in [0.25, 0.3) is 12.2 Å². The van der Waals surface area contributed by atoms with Crippen LogP contribution in [0.4, 0.5) is 0 Å². The first-order chi connectivity index (χ1) is 14.6. The topological polar surface area (TPSA) is 82.1 Å². The lowest BCUT2D eigenvalue weighted by Crippen LogP contribution is -2.01. The van der Waals surface area contributed by atoms with Crippen molar-refractivity contribution in [1.29, 1.82) is 0 Å². The van der Waals surface area contributed by atoms with Gasteiger partial charge in [0, 0.05) is 0 Å². The van der Waals surface area contributed by atoms with Crippen molar-refractivity contribution in [2.24, 2.45) is 0 Å². The van der Waals surface area contributed by atoms with Crippen molar-refractivity contribution in [2.75, 3.05) is 21.3 Å². The van der Waals surface area contributed by atoms with Gasteiger partial charge < -0.3 is 19.3 Å². The largest absolute Gasteiger partial charge is 0.504 e. The molecule has 2 rings (SSSR count). The minimum Gasteiger partial charge on any atom is -0.504 e. The Balaban J connectivity index is 1.99. The second-order valence-corrected chi connectivity index (χ2v) is 5.72. The Hall–Kier alpha value is -3.54. The van der Waals surface area contributed by atoms with E-state index in [1.165, 1.54) is 50.6 Å². The lowest BCUT2D eigenvalue weighted by molar-refractivity contribution is -0.121. The molecule has 2 aromatic rings. The standard InChI is InChI=1S/C22H22O6/c1-26-20-11-7-16(13-22(20)28-3)5-9-18(24)14-17(23)8-4-15-6-10-19(25)21(12-15)27-2/h4-13,25H,14H2,1-3H3/i2D3. The van der Waals surface area contributed by atoms with Crippen LogP contribution in [0.5, 0.6) is 23.0 Å². The highest BCUT2D eigenvalue weighted by Gasteiger charge is 2.06. The van der Waals surface area contributed by atoms with Crippen LogP contribution in [-0.4, -0.2) is 37.9 Å². The Kier molecular flexibility index (Phi) is 5.92.